The first-order chi connectivity index (χ1) is 16.1. The lowest BCUT2D eigenvalue weighted by Gasteiger charge is -2.23. The van der Waals surface area contributed by atoms with Crippen molar-refractivity contribution in [3.63, 3.8) is 0 Å². The third kappa shape index (κ3) is 5.61. The number of nitrogens with zero attached hydrogens (tertiary/aromatic N) is 1. The van der Waals surface area contributed by atoms with Crippen molar-refractivity contribution in [2.24, 2.45) is 4.99 Å². The van der Waals surface area contributed by atoms with Gasteiger partial charge in [0.2, 0.25) is 0 Å². The van der Waals surface area contributed by atoms with Crippen molar-refractivity contribution < 1.29 is 14.3 Å². The van der Waals surface area contributed by atoms with Crippen molar-refractivity contribution in [3.05, 3.63) is 51.4 Å². The summed E-state index contributed by atoms with van der Waals surface area (Å²) in [4.78, 5) is 19.4. The molecule has 0 bridgehead atoms. The van der Waals surface area contributed by atoms with E-state index in [0.29, 0.717) is 23.1 Å². The molecule has 0 aliphatic heterocycles. The van der Waals surface area contributed by atoms with E-state index in [-0.39, 0.29) is 11.9 Å². The molecule has 176 valence electrons. The van der Waals surface area contributed by atoms with Gasteiger partial charge in [-0.2, -0.15) is 0 Å². The number of benzene rings is 1. The number of amides is 1. The van der Waals surface area contributed by atoms with E-state index in [1.165, 1.54) is 36.1 Å². The first-order valence-corrected chi connectivity index (χ1v) is 12.9. The monoisotopic (exact) mass is 486 g/mol. The van der Waals surface area contributed by atoms with Gasteiger partial charge in [-0.15, -0.1) is 11.3 Å². The molecule has 1 amide bonds. The number of hydrogen-bond acceptors (Lipinski definition) is 5. The first-order valence-electron chi connectivity index (χ1n) is 11.7. The van der Waals surface area contributed by atoms with Gasteiger partial charge in [-0.05, 0) is 61.8 Å². The molecule has 0 spiro atoms. The molecule has 1 saturated carbocycles. The molecule has 1 aromatic carbocycles. The Bertz CT molecular complexity index is 1040. The number of carbonyl (C=O) groups excluding carboxylic acids is 1. The van der Waals surface area contributed by atoms with E-state index >= 15 is 0 Å². The highest BCUT2D eigenvalue weighted by atomic mass is 35.5. The largest absolute Gasteiger partial charge is 0.493 e. The number of methoxy groups -OCH3 is 1. The highest BCUT2D eigenvalue weighted by Gasteiger charge is 2.27. The molecule has 0 radical (unpaired) electrons. The average Bonchev–Trinajstić information content (AvgIpc) is 3.21. The van der Waals surface area contributed by atoms with Crippen LogP contribution >= 0.6 is 22.9 Å². The Morgan fingerprint density at radius 1 is 1.24 bits per heavy atom. The minimum atomic E-state index is 0.0252. The van der Waals surface area contributed by atoms with E-state index in [1.807, 2.05) is 6.07 Å². The maximum absolute atomic E-state index is 13.3. The second-order valence-corrected chi connectivity index (χ2v) is 10.1. The molecular formula is C26H31ClN2O3S. The summed E-state index contributed by atoms with van der Waals surface area (Å²) in [5.74, 6) is 1.04. The molecule has 7 heteroatoms. The Morgan fingerprint density at radius 2 is 2.03 bits per heavy atom. The van der Waals surface area contributed by atoms with Crippen LogP contribution in [0.1, 0.15) is 71.3 Å². The van der Waals surface area contributed by atoms with Crippen molar-refractivity contribution in [1.82, 2.24) is 5.32 Å². The van der Waals surface area contributed by atoms with Crippen LogP contribution in [0.25, 0.3) is 0 Å². The summed E-state index contributed by atoms with van der Waals surface area (Å²) in [7, 11) is 1.58. The molecule has 1 N–H and O–H groups in total. The van der Waals surface area contributed by atoms with Gasteiger partial charge >= 0.3 is 0 Å². The van der Waals surface area contributed by atoms with Crippen LogP contribution in [0.4, 0.5) is 5.00 Å². The topological polar surface area (TPSA) is 59.9 Å². The van der Waals surface area contributed by atoms with Crippen molar-refractivity contribution in [2.75, 3.05) is 13.7 Å². The maximum atomic E-state index is 13.3. The van der Waals surface area contributed by atoms with E-state index in [9.17, 15) is 4.79 Å². The number of rotatable bonds is 8. The van der Waals surface area contributed by atoms with Crippen LogP contribution < -0.4 is 14.8 Å². The molecule has 2 aromatic rings. The molecule has 5 nitrogen and oxygen atoms in total. The fraction of sp³-hybridized carbons (Fsp3) is 0.462. The van der Waals surface area contributed by atoms with Gasteiger partial charge in [0.15, 0.2) is 11.5 Å². The van der Waals surface area contributed by atoms with Gasteiger partial charge < -0.3 is 14.8 Å². The van der Waals surface area contributed by atoms with Gasteiger partial charge in [0.1, 0.15) is 11.6 Å². The number of ether oxygens (including phenoxy) is 2. The highest BCUT2D eigenvalue weighted by molar-refractivity contribution is 7.16. The number of halogens is 1. The number of thiophene rings is 1. The SMILES string of the molecule is C=CCOc1c(Cl)cc(C=Nc2sc3c(c2C(=O)NC2CCCCC2)CCCC3)cc1OC. The number of hydrogen-bond donors (Lipinski definition) is 1. The lowest BCUT2D eigenvalue weighted by molar-refractivity contribution is 0.0927. The van der Waals surface area contributed by atoms with Crippen LogP contribution in [0, 0.1) is 0 Å². The molecular weight excluding hydrogens is 456 g/mol. The molecule has 4 rings (SSSR count). The number of carbonyl (C=O) groups is 1. The van der Waals surface area contributed by atoms with Crippen LogP contribution in [-0.4, -0.2) is 31.9 Å². The van der Waals surface area contributed by atoms with E-state index < -0.39 is 0 Å². The van der Waals surface area contributed by atoms with Gasteiger partial charge in [-0.3, -0.25) is 4.79 Å². The summed E-state index contributed by atoms with van der Waals surface area (Å²) in [5.41, 5.74) is 2.74. The Hall–Kier alpha value is -2.31. The van der Waals surface area contributed by atoms with Crippen LogP contribution in [0.15, 0.2) is 29.8 Å². The number of nitrogens with one attached hydrogen (secondary N) is 1. The summed E-state index contributed by atoms with van der Waals surface area (Å²) in [6.07, 6.45) is 13.4. The first kappa shape index (κ1) is 23.8. The molecule has 2 aliphatic carbocycles. The molecule has 2 aliphatic rings. The van der Waals surface area contributed by atoms with E-state index in [4.69, 9.17) is 26.1 Å². The zero-order valence-electron chi connectivity index (χ0n) is 19.1. The summed E-state index contributed by atoms with van der Waals surface area (Å²) < 4.78 is 11.1. The molecule has 0 saturated heterocycles. The summed E-state index contributed by atoms with van der Waals surface area (Å²) in [5, 5.41) is 4.51. The van der Waals surface area contributed by atoms with Crippen LogP contribution in [0.3, 0.4) is 0 Å². The molecule has 0 unspecified atom stereocenters. The summed E-state index contributed by atoms with van der Waals surface area (Å²) in [6.45, 7) is 4.00. The standard InChI is InChI=1S/C26H31ClN2O3S/c1-3-13-32-24-20(27)14-17(15-21(24)31-2)16-28-26-23(19-11-7-8-12-22(19)33-26)25(30)29-18-9-5-4-6-10-18/h3,14-16,18H,1,4-13H2,2H3,(H,29,30). The fourth-order valence-electron chi connectivity index (χ4n) is 4.61. The van der Waals surface area contributed by atoms with E-state index in [2.05, 4.69) is 11.9 Å². The Balaban J connectivity index is 1.62. The van der Waals surface area contributed by atoms with Crippen molar-refractivity contribution in [2.45, 2.75) is 63.8 Å². The van der Waals surface area contributed by atoms with Gasteiger partial charge in [0.05, 0.1) is 17.7 Å². The number of aryl methyl sites for hydroxylation is 1. The average molecular weight is 487 g/mol. The third-order valence-electron chi connectivity index (χ3n) is 6.25. The number of aliphatic imine (C=N–C) groups is 1. The predicted molar refractivity (Wildman–Crippen MR) is 136 cm³/mol. The van der Waals surface area contributed by atoms with Crippen LogP contribution in [0.2, 0.25) is 5.02 Å². The second-order valence-electron chi connectivity index (χ2n) is 8.59. The van der Waals surface area contributed by atoms with Crippen molar-refractivity contribution in [1.29, 1.82) is 0 Å². The minimum Gasteiger partial charge on any atom is -0.493 e. The Kier molecular flexibility index (Phi) is 8.10. The Morgan fingerprint density at radius 3 is 2.79 bits per heavy atom. The molecule has 33 heavy (non-hydrogen) atoms. The third-order valence-corrected chi connectivity index (χ3v) is 7.73. The number of fused-ring (bicyclic) bond motifs is 1. The van der Waals surface area contributed by atoms with Gasteiger partial charge in [0, 0.05) is 17.1 Å². The zero-order valence-corrected chi connectivity index (χ0v) is 20.7. The van der Waals surface area contributed by atoms with Gasteiger partial charge in [0.25, 0.3) is 5.91 Å². The maximum Gasteiger partial charge on any atom is 0.254 e. The van der Waals surface area contributed by atoms with Crippen molar-refractivity contribution in [3.8, 4) is 11.5 Å². The normalized spacial score (nSPS) is 16.4. The van der Waals surface area contributed by atoms with E-state index in [0.717, 1.165) is 48.2 Å². The van der Waals surface area contributed by atoms with Gasteiger partial charge in [-0.25, -0.2) is 4.99 Å². The molecule has 1 fully saturated rings. The fourth-order valence-corrected chi connectivity index (χ4v) is 6.12. The molecule has 0 atom stereocenters. The molecule has 1 aromatic heterocycles. The lowest BCUT2D eigenvalue weighted by Crippen LogP contribution is -2.36. The Labute approximate surface area is 204 Å². The van der Waals surface area contributed by atoms with Crippen LogP contribution in [0.5, 0.6) is 11.5 Å². The minimum absolute atomic E-state index is 0.0252. The quantitative estimate of drug-likeness (QED) is 0.335. The summed E-state index contributed by atoms with van der Waals surface area (Å²) in [6, 6.07) is 3.90. The molecule has 1 heterocycles. The lowest BCUT2D eigenvalue weighted by atomic mass is 9.93. The second kappa shape index (κ2) is 11.2. The highest BCUT2D eigenvalue weighted by Crippen LogP contribution is 2.41. The van der Waals surface area contributed by atoms with Crippen molar-refractivity contribution >= 4 is 40.1 Å². The van der Waals surface area contributed by atoms with E-state index in [1.54, 1.807) is 36.8 Å². The predicted octanol–water partition coefficient (Wildman–Crippen LogP) is 6.67. The zero-order chi connectivity index (χ0) is 23.2. The summed E-state index contributed by atoms with van der Waals surface area (Å²) >= 11 is 8.08. The smallest absolute Gasteiger partial charge is 0.254 e. The van der Waals surface area contributed by atoms with Crippen LogP contribution in [-0.2, 0) is 12.8 Å². The van der Waals surface area contributed by atoms with Gasteiger partial charge in [-0.1, -0.05) is 43.5 Å².